The summed E-state index contributed by atoms with van der Waals surface area (Å²) in [6, 6.07) is 5.63. The van der Waals surface area contributed by atoms with Crippen LogP contribution in [-0.4, -0.2) is 7.05 Å². The molecule has 114 valence electrons. The first kappa shape index (κ1) is 17.0. The predicted molar refractivity (Wildman–Crippen MR) is 76.6 cm³/mol. The molecule has 1 nitrogen and oxygen atoms in total. The summed E-state index contributed by atoms with van der Waals surface area (Å²) < 4.78 is 38.1. The van der Waals surface area contributed by atoms with E-state index >= 15 is 0 Å². The molecule has 1 aromatic rings. The van der Waals surface area contributed by atoms with Crippen molar-refractivity contribution in [2.24, 2.45) is 0 Å². The summed E-state index contributed by atoms with van der Waals surface area (Å²) >= 11 is 0. The van der Waals surface area contributed by atoms with E-state index in [4.69, 9.17) is 0 Å². The summed E-state index contributed by atoms with van der Waals surface area (Å²) in [6.07, 6.45) is 2.43. The molecule has 1 atom stereocenters. The second-order valence-electron chi connectivity index (χ2n) is 5.17. The molecular weight excluding hydrogens is 263 g/mol. The lowest BCUT2D eigenvalue weighted by Gasteiger charge is -2.18. The zero-order chi connectivity index (χ0) is 15.0. The van der Waals surface area contributed by atoms with Gasteiger partial charge in [0.2, 0.25) is 0 Å². The lowest BCUT2D eigenvalue weighted by atomic mass is 9.98. The highest BCUT2D eigenvalue weighted by atomic mass is 19.4. The van der Waals surface area contributed by atoms with Gasteiger partial charge in [-0.25, -0.2) is 0 Å². The largest absolute Gasteiger partial charge is 0.416 e. The van der Waals surface area contributed by atoms with E-state index in [9.17, 15) is 13.2 Å². The summed E-state index contributed by atoms with van der Waals surface area (Å²) in [5, 5.41) is 3.12. The fraction of sp³-hybridized carbons (Fsp3) is 0.625. The van der Waals surface area contributed by atoms with Gasteiger partial charge in [-0.05, 0) is 31.2 Å². The molecule has 1 unspecified atom stereocenters. The normalized spacial score (nSPS) is 13.4. The number of hydrogen-bond acceptors (Lipinski definition) is 1. The molecule has 0 aliphatic rings. The number of unbranched alkanes of at least 4 members (excludes halogenated alkanes) is 4. The molecule has 1 N–H and O–H groups in total. The number of rotatable bonds is 8. The third-order valence-corrected chi connectivity index (χ3v) is 3.56. The fourth-order valence-corrected chi connectivity index (χ4v) is 2.36. The van der Waals surface area contributed by atoms with Crippen LogP contribution in [0.25, 0.3) is 0 Å². The third kappa shape index (κ3) is 5.53. The van der Waals surface area contributed by atoms with Gasteiger partial charge in [-0.1, -0.05) is 51.2 Å². The topological polar surface area (TPSA) is 12.0 Å². The highest BCUT2D eigenvalue weighted by molar-refractivity contribution is 5.27. The molecule has 0 aliphatic carbocycles. The quantitative estimate of drug-likeness (QED) is 0.637. The zero-order valence-electron chi connectivity index (χ0n) is 12.3. The second kappa shape index (κ2) is 8.30. The van der Waals surface area contributed by atoms with E-state index in [1.807, 2.05) is 0 Å². The average Bonchev–Trinajstić information content (AvgIpc) is 2.42. The van der Waals surface area contributed by atoms with Crippen LogP contribution in [0, 0.1) is 0 Å². The van der Waals surface area contributed by atoms with E-state index in [0.717, 1.165) is 30.9 Å². The predicted octanol–water partition coefficient (Wildman–Crippen LogP) is 5.33. The SMILES string of the molecule is CCCCCCCC(NC)c1cccc(C(F)(F)F)c1. The molecule has 0 bridgehead atoms. The monoisotopic (exact) mass is 287 g/mol. The standard InChI is InChI=1S/C16H24F3N/c1-3-4-5-6-7-11-15(20-2)13-9-8-10-14(12-13)16(17,18)19/h8-10,12,15,20H,3-7,11H2,1-2H3. The Morgan fingerprint density at radius 3 is 2.40 bits per heavy atom. The molecule has 0 amide bonds. The minimum atomic E-state index is -4.27. The molecular formula is C16H24F3N. The second-order valence-corrected chi connectivity index (χ2v) is 5.17. The summed E-state index contributed by atoms with van der Waals surface area (Å²) in [6.45, 7) is 2.17. The number of halogens is 3. The Balaban J connectivity index is 2.61. The molecule has 0 saturated carbocycles. The first-order chi connectivity index (χ1) is 9.49. The van der Waals surface area contributed by atoms with Crippen LogP contribution in [0.15, 0.2) is 24.3 Å². The molecule has 0 heterocycles. The molecule has 20 heavy (non-hydrogen) atoms. The van der Waals surface area contributed by atoms with Crippen LogP contribution >= 0.6 is 0 Å². The Morgan fingerprint density at radius 1 is 1.10 bits per heavy atom. The van der Waals surface area contributed by atoms with Crippen LogP contribution in [0.5, 0.6) is 0 Å². The van der Waals surface area contributed by atoms with Gasteiger partial charge in [0.15, 0.2) is 0 Å². The van der Waals surface area contributed by atoms with Gasteiger partial charge in [0.05, 0.1) is 5.56 Å². The Morgan fingerprint density at radius 2 is 1.80 bits per heavy atom. The van der Waals surface area contributed by atoms with Crippen molar-refractivity contribution in [2.75, 3.05) is 7.05 Å². The molecule has 0 aromatic heterocycles. The number of hydrogen-bond donors (Lipinski definition) is 1. The highest BCUT2D eigenvalue weighted by Gasteiger charge is 2.30. The van der Waals surface area contributed by atoms with Gasteiger partial charge >= 0.3 is 6.18 Å². The third-order valence-electron chi connectivity index (χ3n) is 3.56. The Labute approximate surface area is 119 Å². The first-order valence-corrected chi connectivity index (χ1v) is 7.33. The smallest absolute Gasteiger partial charge is 0.313 e. The Hall–Kier alpha value is -1.03. The molecule has 0 saturated heterocycles. The van der Waals surface area contributed by atoms with Crippen molar-refractivity contribution in [3.8, 4) is 0 Å². The molecule has 1 rings (SSSR count). The van der Waals surface area contributed by atoms with Gasteiger partial charge < -0.3 is 5.32 Å². The number of alkyl halides is 3. The van der Waals surface area contributed by atoms with Crippen molar-refractivity contribution in [3.05, 3.63) is 35.4 Å². The molecule has 0 fully saturated rings. The van der Waals surface area contributed by atoms with Gasteiger partial charge in [-0.2, -0.15) is 13.2 Å². The van der Waals surface area contributed by atoms with E-state index in [2.05, 4.69) is 12.2 Å². The lowest BCUT2D eigenvalue weighted by Crippen LogP contribution is -2.17. The van der Waals surface area contributed by atoms with Crippen LogP contribution < -0.4 is 5.32 Å². The molecule has 0 radical (unpaired) electrons. The summed E-state index contributed by atoms with van der Waals surface area (Å²) in [4.78, 5) is 0. The summed E-state index contributed by atoms with van der Waals surface area (Å²) in [7, 11) is 1.80. The first-order valence-electron chi connectivity index (χ1n) is 7.33. The van der Waals surface area contributed by atoms with Crippen LogP contribution in [-0.2, 0) is 6.18 Å². The van der Waals surface area contributed by atoms with E-state index in [1.54, 1.807) is 13.1 Å². The van der Waals surface area contributed by atoms with Crippen molar-refractivity contribution in [1.82, 2.24) is 5.32 Å². The van der Waals surface area contributed by atoms with Gasteiger partial charge in [0.1, 0.15) is 0 Å². The van der Waals surface area contributed by atoms with Crippen molar-refractivity contribution in [3.63, 3.8) is 0 Å². The highest BCUT2D eigenvalue weighted by Crippen LogP contribution is 2.31. The van der Waals surface area contributed by atoms with Gasteiger partial charge in [0, 0.05) is 6.04 Å². The molecule has 0 spiro atoms. The molecule has 1 aromatic carbocycles. The number of benzene rings is 1. The van der Waals surface area contributed by atoms with Crippen LogP contribution in [0.1, 0.15) is 62.6 Å². The average molecular weight is 287 g/mol. The van der Waals surface area contributed by atoms with Crippen molar-refractivity contribution in [1.29, 1.82) is 0 Å². The van der Waals surface area contributed by atoms with Crippen molar-refractivity contribution in [2.45, 2.75) is 57.7 Å². The molecule has 4 heteroatoms. The van der Waals surface area contributed by atoms with E-state index in [-0.39, 0.29) is 6.04 Å². The van der Waals surface area contributed by atoms with E-state index in [0.29, 0.717) is 0 Å². The van der Waals surface area contributed by atoms with Crippen LogP contribution in [0.4, 0.5) is 13.2 Å². The van der Waals surface area contributed by atoms with Crippen LogP contribution in [0.2, 0.25) is 0 Å². The number of nitrogens with one attached hydrogen (secondary N) is 1. The Bertz CT molecular complexity index is 388. The summed E-state index contributed by atoms with van der Waals surface area (Å²) in [5.74, 6) is 0. The minimum absolute atomic E-state index is 0.000994. The molecule has 0 aliphatic heterocycles. The zero-order valence-corrected chi connectivity index (χ0v) is 12.3. The fourth-order valence-electron chi connectivity index (χ4n) is 2.36. The maximum atomic E-state index is 12.7. The van der Waals surface area contributed by atoms with E-state index < -0.39 is 11.7 Å². The maximum Gasteiger partial charge on any atom is 0.416 e. The lowest BCUT2D eigenvalue weighted by molar-refractivity contribution is -0.137. The van der Waals surface area contributed by atoms with E-state index in [1.165, 1.54) is 31.4 Å². The Kier molecular flexibility index (Phi) is 7.06. The van der Waals surface area contributed by atoms with Crippen molar-refractivity contribution < 1.29 is 13.2 Å². The summed E-state index contributed by atoms with van der Waals surface area (Å²) in [5.41, 5.74) is 0.152. The van der Waals surface area contributed by atoms with Gasteiger partial charge in [-0.3, -0.25) is 0 Å². The van der Waals surface area contributed by atoms with Gasteiger partial charge in [-0.15, -0.1) is 0 Å². The van der Waals surface area contributed by atoms with Crippen LogP contribution in [0.3, 0.4) is 0 Å². The minimum Gasteiger partial charge on any atom is -0.313 e. The van der Waals surface area contributed by atoms with Crippen molar-refractivity contribution >= 4 is 0 Å². The van der Waals surface area contributed by atoms with Gasteiger partial charge in [0.25, 0.3) is 0 Å². The maximum absolute atomic E-state index is 12.7.